The Balaban J connectivity index is 2.49. The second kappa shape index (κ2) is 6.80. The normalized spacial score (nSPS) is 10.8. The number of nitrogen functional groups attached to an aromatic ring is 1. The van der Waals surface area contributed by atoms with Crippen LogP contribution in [-0.2, 0) is 0 Å². The molecular weight excluding hydrogens is 254 g/mol. The summed E-state index contributed by atoms with van der Waals surface area (Å²) in [6, 6.07) is 7.03. The summed E-state index contributed by atoms with van der Waals surface area (Å²) in [5.41, 5.74) is 11.5. The van der Waals surface area contributed by atoms with Crippen LogP contribution >= 0.6 is 0 Å². The zero-order chi connectivity index (χ0) is 15.2. The molecule has 0 bridgehead atoms. The van der Waals surface area contributed by atoms with E-state index < -0.39 is 5.91 Å². The Morgan fingerprint density at radius 1 is 1.40 bits per heavy atom. The number of nitrogens with two attached hydrogens (primary N) is 2. The maximum absolute atomic E-state index is 11.3. The summed E-state index contributed by atoms with van der Waals surface area (Å²) in [6.07, 6.45) is 2.50. The molecule has 1 amide bonds. The molecule has 1 aromatic carbocycles. The predicted octanol–water partition coefficient (Wildman–Crippen LogP) is 2.47. The number of ether oxygens (including phenoxy) is 1. The van der Waals surface area contributed by atoms with Crippen molar-refractivity contribution in [1.29, 1.82) is 5.26 Å². The second-order valence-electron chi connectivity index (χ2n) is 5.42. The lowest BCUT2D eigenvalue weighted by Gasteiger charge is -2.15. The molecule has 0 aliphatic heterocycles. The third-order valence-corrected chi connectivity index (χ3v) is 3.03. The first kappa shape index (κ1) is 15.8. The number of amides is 1. The highest BCUT2D eigenvalue weighted by Crippen LogP contribution is 2.23. The van der Waals surface area contributed by atoms with Gasteiger partial charge in [0.2, 0.25) is 0 Å². The van der Waals surface area contributed by atoms with Gasteiger partial charge in [0.1, 0.15) is 5.75 Å². The predicted molar refractivity (Wildman–Crippen MR) is 78.1 cm³/mol. The van der Waals surface area contributed by atoms with Crippen LogP contribution in [0.1, 0.15) is 43.5 Å². The third-order valence-electron chi connectivity index (χ3n) is 3.03. The summed E-state index contributed by atoms with van der Waals surface area (Å²) < 4.78 is 5.56. The fourth-order valence-electron chi connectivity index (χ4n) is 1.77. The van der Waals surface area contributed by atoms with Crippen LogP contribution in [0, 0.1) is 16.7 Å². The maximum atomic E-state index is 11.3. The van der Waals surface area contributed by atoms with E-state index in [2.05, 4.69) is 6.07 Å². The number of nitriles is 1. The molecule has 0 fully saturated rings. The average Bonchev–Trinajstić information content (AvgIpc) is 2.38. The molecule has 5 nitrogen and oxygen atoms in total. The van der Waals surface area contributed by atoms with Gasteiger partial charge in [0.25, 0.3) is 5.91 Å². The van der Waals surface area contributed by atoms with Crippen molar-refractivity contribution in [1.82, 2.24) is 0 Å². The van der Waals surface area contributed by atoms with Crippen LogP contribution in [0.3, 0.4) is 0 Å². The number of rotatable bonds is 7. The molecule has 0 saturated heterocycles. The molecule has 0 radical (unpaired) electrons. The van der Waals surface area contributed by atoms with Gasteiger partial charge in [0.15, 0.2) is 0 Å². The number of benzene rings is 1. The molecule has 0 heterocycles. The minimum Gasteiger partial charge on any atom is -0.493 e. The maximum Gasteiger partial charge on any atom is 0.252 e. The Bertz CT molecular complexity index is 518. The highest BCUT2D eigenvalue weighted by Gasteiger charge is 2.15. The van der Waals surface area contributed by atoms with Gasteiger partial charge in [-0.05, 0) is 45.2 Å². The zero-order valence-corrected chi connectivity index (χ0v) is 12.0. The number of hydrogen-bond acceptors (Lipinski definition) is 4. The van der Waals surface area contributed by atoms with Crippen LogP contribution in [-0.4, -0.2) is 12.5 Å². The number of primary amides is 1. The van der Waals surface area contributed by atoms with E-state index in [4.69, 9.17) is 21.5 Å². The number of nitrogens with zero attached hydrogens (tertiary/aromatic N) is 1. The van der Waals surface area contributed by atoms with E-state index in [9.17, 15) is 4.79 Å². The lowest BCUT2D eigenvalue weighted by Crippen LogP contribution is -2.14. The summed E-state index contributed by atoms with van der Waals surface area (Å²) >= 11 is 0. The van der Waals surface area contributed by atoms with Crippen LogP contribution < -0.4 is 16.2 Å². The van der Waals surface area contributed by atoms with Crippen LogP contribution in [0.4, 0.5) is 5.69 Å². The van der Waals surface area contributed by atoms with Crippen LogP contribution in [0.5, 0.6) is 5.75 Å². The number of unbranched alkanes of at least 4 members (excludes halogenated alkanes) is 1. The number of carbonyl (C=O) groups is 1. The van der Waals surface area contributed by atoms with Crippen molar-refractivity contribution >= 4 is 11.6 Å². The fourth-order valence-corrected chi connectivity index (χ4v) is 1.77. The first-order chi connectivity index (χ1) is 9.35. The standard InChI is InChI=1S/C15H21N3O2/c1-15(2,10-16)7-3-4-8-20-13-9-11(17)5-6-12(13)14(18)19/h5-6,9H,3-4,7-8,17H2,1-2H3,(H2,18,19). The van der Waals surface area contributed by atoms with Gasteiger partial charge in [-0.2, -0.15) is 5.26 Å². The summed E-state index contributed by atoms with van der Waals surface area (Å²) in [6.45, 7) is 4.29. The van der Waals surface area contributed by atoms with Gasteiger partial charge < -0.3 is 16.2 Å². The van der Waals surface area contributed by atoms with Crippen molar-refractivity contribution in [3.63, 3.8) is 0 Å². The van der Waals surface area contributed by atoms with E-state index >= 15 is 0 Å². The molecule has 1 aromatic rings. The molecule has 0 aliphatic rings. The Morgan fingerprint density at radius 2 is 2.10 bits per heavy atom. The van der Waals surface area contributed by atoms with Gasteiger partial charge in [-0.1, -0.05) is 0 Å². The number of anilines is 1. The molecule has 4 N–H and O–H groups in total. The fraction of sp³-hybridized carbons (Fsp3) is 0.467. The molecule has 0 atom stereocenters. The molecule has 108 valence electrons. The van der Waals surface area contributed by atoms with Gasteiger partial charge in [-0.15, -0.1) is 0 Å². The van der Waals surface area contributed by atoms with Crippen molar-refractivity contribution in [2.24, 2.45) is 11.1 Å². The van der Waals surface area contributed by atoms with Gasteiger partial charge in [-0.3, -0.25) is 4.79 Å². The van der Waals surface area contributed by atoms with E-state index in [1.165, 1.54) is 0 Å². The zero-order valence-electron chi connectivity index (χ0n) is 12.0. The molecule has 0 saturated carbocycles. The largest absolute Gasteiger partial charge is 0.493 e. The van der Waals surface area contributed by atoms with Gasteiger partial charge in [-0.25, -0.2) is 0 Å². The first-order valence-electron chi connectivity index (χ1n) is 6.59. The summed E-state index contributed by atoms with van der Waals surface area (Å²) in [4.78, 5) is 11.3. The Morgan fingerprint density at radius 3 is 2.70 bits per heavy atom. The highest BCUT2D eigenvalue weighted by atomic mass is 16.5. The monoisotopic (exact) mass is 275 g/mol. The van der Waals surface area contributed by atoms with Gasteiger partial charge >= 0.3 is 0 Å². The summed E-state index contributed by atoms with van der Waals surface area (Å²) in [5.74, 6) is -0.123. The number of carbonyl (C=O) groups excluding carboxylic acids is 1. The van der Waals surface area contributed by atoms with Gasteiger partial charge in [0, 0.05) is 11.8 Å². The molecular formula is C15H21N3O2. The molecule has 20 heavy (non-hydrogen) atoms. The Kier molecular flexibility index (Phi) is 5.39. The smallest absolute Gasteiger partial charge is 0.252 e. The van der Waals surface area contributed by atoms with E-state index in [1.54, 1.807) is 18.2 Å². The van der Waals surface area contributed by atoms with Gasteiger partial charge in [0.05, 0.1) is 23.7 Å². The minimum absolute atomic E-state index is 0.310. The Labute approximate surface area is 119 Å². The van der Waals surface area contributed by atoms with E-state index in [1.807, 2.05) is 13.8 Å². The summed E-state index contributed by atoms with van der Waals surface area (Å²) in [5, 5.41) is 8.91. The van der Waals surface area contributed by atoms with Crippen LogP contribution in [0.15, 0.2) is 18.2 Å². The first-order valence-corrected chi connectivity index (χ1v) is 6.59. The topological polar surface area (TPSA) is 102 Å². The molecule has 1 rings (SSSR count). The van der Waals surface area contributed by atoms with Crippen molar-refractivity contribution in [2.75, 3.05) is 12.3 Å². The van der Waals surface area contributed by atoms with Crippen LogP contribution in [0.2, 0.25) is 0 Å². The Hall–Kier alpha value is -2.22. The van der Waals surface area contributed by atoms with E-state index in [0.717, 1.165) is 19.3 Å². The molecule has 0 aliphatic carbocycles. The molecule has 0 aromatic heterocycles. The molecule has 5 heteroatoms. The van der Waals surface area contributed by atoms with Crippen molar-refractivity contribution in [3.05, 3.63) is 23.8 Å². The van der Waals surface area contributed by atoms with Crippen LogP contribution in [0.25, 0.3) is 0 Å². The lowest BCUT2D eigenvalue weighted by atomic mass is 9.89. The van der Waals surface area contributed by atoms with E-state index in [0.29, 0.717) is 23.6 Å². The average molecular weight is 275 g/mol. The SMILES string of the molecule is CC(C)(C#N)CCCCOc1cc(N)ccc1C(N)=O. The van der Waals surface area contributed by atoms with Crippen molar-refractivity contribution in [3.8, 4) is 11.8 Å². The third kappa shape index (κ3) is 4.81. The minimum atomic E-state index is -0.536. The van der Waals surface area contributed by atoms with E-state index in [-0.39, 0.29) is 5.41 Å². The lowest BCUT2D eigenvalue weighted by molar-refractivity contribution is 0.0996. The number of hydrogen-bond donors (Lipinski definition) is 2. The quantitative estimate of drug-likeness (QED) is 0.589. The molecule has 0 spiro atoms. The van der Waals surface area contributed by atoms with Crippen molar-refractivity contribution in [2.45, 2.75) is 33.1 Å². The summed E-state index contributed by atoms with van der Waals surface area (Å²) in [7, 11) is 0. The molecule has 0 unspecified atom stereocenters. The second-order valence-corrected chi connectivity index (χ2v) is 5.42. The highest BCUT2D eigenvalue weighted by molar-refractivity contribution is 5.96. The van der Waals surface area contributed by atoms with Crippen molar-refractivity contribution < 1.29 is 9.53 Å².